The van der Waals surface area contributed by atoms with Crippen molar-refractivity contribution in [2.45, 2.75) is 29.6 Å². The van der Waals surface area contributed by atoms with Crippen LogP contribution in [0.25, 0.3) is 11.0 Å². The third-order valence-corrected chi connectivity index (χ3v) is 14.3. The molecule has 1 saturated heterocycles. The molecule has 2 atom stereocenters. The van der Waals surface area contributed by atoms with Gasteiger partial charge in [-0.1, -0.05) is 169 Å². The average molecular weight is 966 g/mol. The fourth-order valence-corrected chi connectivity index (χ4v) is 10.9. The number of β-lactam (4-membered cyclic amide) rings is 1. The molecular weight excluding hydrogens is 923 g/mol. The summed E-state index contributed by atoms with van der Waals surface area (Å²) in [5.41, 5.74) is 4.63. The number of thioether (sulfide) groups is 1. The lowest BCUT2D eigenvalue weighted by Crippen LogP contribution is -2.71. The number of nitrogens with one attached hydrogen (secondary N) is 2. The molecule has 16 heteroatoms. The van der Waals surface area contributed by atoms with Gasteiger partial charge in [-0.3, -0.25) is 14.5 Å². The second kappa shape index (κ2) is 19.6. The average Bonchev–Trinajstić information content (AvgIpc) is 4.03. The number of aromatic nitrogens is 3. The normalized spacial score (nSPS) is 16.0. The zero-order chi connectivity index (χ0) is 48.2. The first-order valence-corrected chi connectivity index (χ1v) is 24.1. The van der Waals surface area contributed by atoms with Gasteiger partial charge in [0.2, 0.25) is 0 Å². The highest BCUT2D eigenvalue weighted by Crippen LogP contribution is 2.43. The molecule has 2 unspecified atom stereocenters. The SMILES string of the molecule is O=C(OC(c1ccccc1)c1ccccc1)C1=C(/C=C/Cn2cnc3cc(O)c(O)cc32)CSC2C(NC(=O)/C(=N\O)c3csc(NC(c4ccccc4)(c4ccccc4)c4ccccc4)n3)C(=O)N12. The van der Waals surface area contributed by atoms with Crippen LogP contribution in [-0.2, 0) is 31.2 Å². The Bertz CT molecular complexity index is 3160. The molecule has 5 N–H and O–H groups in total. The zero-order valence-corrected chi connectivity index (χ0v) is 38.7. The predicted molar refractivity (Wildman–Crippen MR) is 268 cm³/mol. The molecule has 0 aliphatic carbocycles. The molecule has 1 fully saturated rings. The molecule has 6 aromatic carbocycles. The van der Waals surface area contributed by atoms with Gasteiger partial charge in [0.1, 0.15) is 28.3 Å². The number of anilines is 1. The number of aromatic hydroxyl groups is 2. The summed E-state index contributed by atoms with van der Waals surface area (Å²) in [5, 5.41) is 41.7. The van der Waals surface area contributed by atoms with Crippen LogP contribution in [0.15, 0.2) is 204 Å². The van der Waals surface area contributed by atoms with E-state index in [1.807, 2.05) is 152 Å². The first-order valence-electron chi connectivity index (χ1n) is 22.2. The van der Waals surface area contributed by atoms with Crippen molar-refractivity contribution in [2.24, 2.45) is 5.16 Å². The van der Waals surface area contributed by atoms with Gasteiger partial charge in [0, 0.05) is 29.8 Å². The van der Waals surface area contributed by atoms with Crippen LogP contribution in [0.2, 0.25) is 0 Å². The lowest BCUT2D eigenvalue weighted by atomic mass is 9.77. The maximum atomic E-state index is 14.6. The minimum absolute atomic E-state index is 0.0235. The van der Waals surface area contributed by atoms with Gasteiger partial charge < -0.3 is 35.4 Å². The number of benzene rings is 6. The van der Waals surface area contributed by atoms with Gasteiger partial charge in [0.05, 0.1) is 17.4 Å². The Labute approximate surface area is 409 Å². The van der Waals surface area contributed by atoms with Crippen molar-refractivity contribution in [3.8, 4) is 11.5 Å². The van der Waals surface area contributed by atoms with Gasteiger partial charge in [0.15, 0.2) is 28.4 Å². The van der Waals surface area contributed by atoms with E-state index >= 15 is 0 Å². The molecule has 8 aromatic rings. The molecule has 14 nitrogen and oxygen atoms in total. The fraction of sp³-hybridized carbons (Fsp3) is 0.111. The van der Waals surface area contributed by atoms with Crippen molar-refractivity contribution in [3.05, 3.63) is 232 Å². The molecule has 2 aromatic heterocycles. The minimum atomic E-state index is -1.10. The summed E-state index contributed by atoms with van der Waals surface area (Å²) in [5.74, 6) is -2.46. The molecule has 0 spiro atoms. The van der Waals surface area contributed by atoms with E-state index in [1.165, 1.54) is 40.1 Å². The summed E-state index contributed by atoms with van der Waals surface area (Å²) in [6, 6.07) is 50.2. The van der Waals surface area contributed by atoms with Gasteiger partial charge >= 0.3 is 5.97 Å². The van der Waals surface area contributed by atoms with Gasteiger partial charge in [-0.2, -0.15) is 0 Å². The summed E-state index contributed by atoms with van der Waals surface area (Å²) in [4.78, 5) is 53.5. The molecule has 70 heavy (non-hydrogen) atoms. The van der Waals surface area contributed by atoms with E-state index in [0.717, 1.165) is 27.8 Å². The first-order chi connectivity index (χ1) is 34.2. The first kappa shape index (κ1) is 45.3. The summed E-state index contributed by atoms with van der Waals surface area (Å²) in [7, 11) is 0. The smallest absolute Gasteiger partial charge is 0.356 e. The Kier molecular flexibility index (Phi) is 12.7. The number of thiazole rings is 1. The molecule has 0 saturated carbocycles. The van der Waals surface area contributed by atoms with Crippen molar-refractivity contribution >= 4 is 62.8 Å². The van der Waals surface area contributed by atoms with Crippen LogP contribution in [0, 0.1) is 0 Å². The van der Waals surface area contributed by atoms with E-state index in [0.29, 0.717) is 21.7 Å². The Balaban J connectivity index is 0.921. The largest absolute Gasteiger partial charge is 0.504 e. The number of ether oxygens (including phenoxy) is 1. The number of allylic oxidation sites excluding steroid dienone is 2. The molecule has 0 radical (unpaired) electrons. The number of imidazole rings is 1. The lowest BCUT2D eigenvalue weighted by molar-refractivity contribution is -0.154. The van der Waals surface area contributed by atoms with Crippen molar-refractivity contribution < 1.29 is 34.5 Å². The van der Waals surface area contributed by atoms with E-state index in [1.54, 1.807) is 28.4 Å². The fourth-order valence-electron chi connectivity index (χ4n) is 8.85. The topological polar surface area (TPSA) is 192 Å². The summed E-state index contributed by atoms with van der Waals surface area (Å²) in [6.07, 6.45) is 4.30. The molecule has 10 rings (SSSR count). The Hall–Kier alpha value is -8.47. The number of fused-ring (bicyclic) bond motifs is 2. The monoisotopic (exact) mass is 965 g/mol. The summed E-state index contributed by atoms with van der Waals surface area (Å²) >= 11 is 2.58. The van der Waals surface area contributed by atoms with E-state index < -0.39 is 46.6 Å². The quantitative estimate of drug-likeness (QED) is 0.0126. The minimum Gasteiger partial charge on any atom is -0.504 e. The van der Waals surface area contributed by atoms with Crippen LogP contribution in [-0.4, -0.2) is 75.5 Å². The maximum Gasteiger partial charge on any atom is 0.356 e. The van der Waals surface area contributed by atoms with E-state index in [-0.39, 0.29) is 35.2 Å². The molecule has 2 amide bonds. The standard InChI is InChI=1S/C54H43N7O7S2/c62-43-29-40-42(30-44(43)63)60(33-55-40)28-16-21-36-31-69-51-46(50(65)61(51)47(36)52(66)68-48(34-17-6-1-7-18-34)35-19-8-2-9-20-35)57-49(64)45(59-67)41-32-70-53(56-41)58-54(37-22-10-3-11-23-37,38-24-12-4-13-25-38)39-26-14-5-15-27-39/h1-27,29-30,32-33,46,48,51,62-63,67H,28,31H2,(H,56,58)(H,57,64)/b21-16+,59-45-. The van der Waals surface area contributed by atoms with Crippen LogP contribution in [0.4, 0.5) is 5.13 Å². The van der Waals surface area contributed by atoms with Crippen LogP contribution in [0.1, 0.15) is 39.6 Å². The van der Waals surface area contributed by atoms with Gasteiger partial charge in [-0.15, -0.1) is 23.1 Å². The van der Waals surface area contributed by atoms with Crippen molar-refractivity contribution in [3.63, 3.8) is 0 Å². The number of oxime groups is 1. The molecular formula is C54H43N7O7S2. The van der Waals surface area contributed by atoms with E-state index in [4.69, 9.17) is 9.72 Å². The summed E-state index contributed by atoms with van der Waals surface area (Å²) in [6.45, 7) is 0.271. The van der Waals surface area contributed by atoms with Gasteiger partial charge in [-0.05, 0) is 33.4 Å². The molecule has 2 aliphatic rings. The summed E-state index contributed by atoms with van der Waals surface area (Å²) < 4.78 is 8.09. The van der Waals surface area contributed by atoms with Crippen LogP contribution >= 0.6 is 23.1 Å². The second-order valence-electron chi connectivity index (χ2n) is 16.4. The third kappa shape index (κ3) is 8.65. The number of carbonyl (C=O) groups is 3. The predicted octanol–water partition coefficient (Wildman–Crippen LogP) is 8.73. The highest BCUT2D eigenvalue weighted by atomic mass is 32.2. The van der Waals surface area contributed by atoms with Gasteiger partial charge in [-0.25, -0.2) is 14.8 Å². The van der Waals surface area contributed by atoms with Crippen molar-refractivity contribution in [2.75, 3.05) is 11.1 Å². The lowest BCUT2D eigenvalue weighted by Gasteiger charge is -2.49. The Morgan fingerprint density at radius 2 is 1.37 bits per heavy atom. The Morgan fingerprint density at radius 1 is 0.814 bits per heavy atom. The number of rotatable bonds is 15. The van der Waals surface area contributed by atoms with E-state index in [2.05, 4.69) is 20.8 Å². The number of amides is 2. The highest BCUT2D eigenvalue weighted by molar-refractivity contribution is 8.00. The number of esters is 1. The highest BCUT2D eigenvalue weighted by Gasteiger charge is 2.55. The van der Waals surface area contributed by atoms with Crippen LogP contribution < -0.4 is 10.6 Å². The number of carbonyl (C=O) groups excluding carboxylic acids is 3. The zero-order valence-electron chi connectivity index (χ0n) is 37.1. The number of hydrogen-bond acceptors (Lipinski definition) is 13. The molecule has 348 valence electrons. The number of hydrogen-bond donors (Lipinski definition) is 5. The van der Waals surface area contributed by atoms with E-state index in [9.17, 15) is 29.8 Å². The second-order valence-corrected chi connectivity index (χ2v) is 18.4. The number of nitrogens with zero attached hydrogens (tertiary/aromatic N) is 5. The molecule has 2 aliphatic heterocycles. The third-order valence-electron chi connectivity index (χ3n) is 12.2. The molecule has 4 heterocycles. The van der Waals surface area contributed by atoms with Gasteiger partial charge in [0.25, 0.3) is 11.8 Å². The number of phenolic OH excluding ortho intramolecular Hbond substituents is 2. The Morgan fingerprint density at radius 3 is 1.94 bits per heavy atom. The number of phenols is 2. The van der Waals surface area contributed by atoms with Crippen molar-refractivity contribution in [1.82, 2.24) is 24.8 Å². The molecule has 0 bridgehead atoms. The maximum absolute atomic E-state index is 14.6. The van der Waals surface area contributed by atoms with Crippen LogP contribution in [0.5, 0.6) is 11.5 Å². The van der Waals surface area contributed by atoms with Crippen LogP contribution in [0.3, 0.4) is 0 Å². The van der Waals surface area contributed by atoms with Crippen molar-refractivity contribution in [1.29, 1.82) is 0 Å².